The van der Waals surface area contributed by atoms with Crippen molar-refractivity contribution in [3.63, 3.8) is 0 Å². The van der Waals surface area contributed by atoms with Crippen molar-refractivity contribution in [2.45, 2.75) is 43.5 Å². The van der Waals surface area contributed by atoms with Crippen molar-refractivity contribution in [1.29, 1.82) is 0 Å². The van der Waals surface area contributed by atoms with Crippen LogP contribution >= 0.6 is 0 Å². The molecule has 0 N–H and O–H groups in total. The zero-order chi connectivity index (χ0) is 9.78. The third-order valence-electron chi connectivity index (χ3n) is 3.16. The van der Waals surface area contributed by atoms with Gasteiger partial charge in [-0.25, -0.2) is 0 Å². The Kier molecular flexibility index (Phi) is 4.90. The zero-order valence-corrected chi connectivity index (χ0v) is 11.1. The van der Waals surface area contributed by atoms with Gasteiger partial charge in [0.2, 0.25) is 0 Å². The Bertz CT molecular complexity index is 146. The fraction of sp³-hybridized carbons (Fsp3) is 0.889. The molecule has 0 aromatic heterocycles. The van der Waals surface area contributed by atoms with Gasteiger partial charge in [0, 0.05) is 0 Å². The van der Waals surface area contributed by atoms with Crippen LogP contribution in [0.25, 0.3) is 0 Å². The first-order valence-electron chi connectivity index (χ1n) is 4.78. The first-order chi connectivity index (χ1) is 5.54. The van der Waals surface area contributed by atoms with Gasteiger partial charge in [0.25, 0.3) is 0 Å². The van der Waals surface area contributed by atoms with E-state index in [0.717, 1.165) is 0 Å². The van der Waals surface area contributed by atoms with E-state index in [1.807, 2.05) is 7.05 Å². The van der Waals surface area contributed by atoms with Crippen LogP contribution in [0.1, 0.15) is 27.7 Å². The summed E-state index contributed by atoms with van der Waals surface area (Å²) < 4.78 is 2.07. The molecule has 3 heteroatoms. The van der Waals surface area contributed by atoms with Gasteiger partial charge >= 0.3 is 78.5 Å². The van der Waals surface area contributed by atoms with Crippen molar-refractivity contribution in [2.24, 2.45) is 0 Å². The summed E-state index contributed by atoms with van der Waals surface area (Å²) in [5, 5.41) is 3.68. The van der Waals surface area contributed by atoms with Crippen molar-refractivity contribution >= 4 is 19.4 Å². The standard InChI is InChI=1S/C9H21GeNO/c1-6-10(7-2,8-3)11(5)9(4)12/h6-8H2,1-5H3. The quantitative estimate of drug-likeness (QED) is 0.681. The molecule has 0 fully saturated rings. The van der Waals surface area contributed by atoms with Gasteiger partial charge in [0.05, 0.1) is 0 Å². The summed E-state index contributed by atoms with van der Waals surface area (Å²) >= 11 is -1.92. The topological polar surface area (TPSA) is 20.3 Å². The van der Waals surface area contributed by atoms with Crippen molar-refractivity contribution in [2.75, 3.05) is 7.05 Å². The maximum atomic E-state index is 11.2. The second-order valence-corrected chi connectivity index (χ2v) is 14.4. The minimum atomic E-state index is -1.92. The summed E-state index contributed by atoms with van der Waals surface area (Å²) in [6.07, 6.45) is 0. The molecule has 0 saturated heterocycles. The van der Waals surface area contributed by atoms with Gasteiger partial charge < -0.3 is 0 Å². The molecule has 0 radical (unpaired) electrons. The van der Waals surface area contributed by atoms with Crippen LogP contribution in [0.3, 0.4) is 0 Å². The Hall–Kier alpha value is 0.0129. The molecule has 0 aromatic carbocycles. The summed E-state index contributed by atoms with van der Waals surface area (Å²) in [5.41, 5.74) is 0. The Labute approximate surface area is 78.9 Å². The molecular formula is C9H21GeNO. The Balaban J connectivity index is 4.58. The van der Waals surface area contributed by atoms with Crippen LogP contribution in [0.2, 0.25) is 15.8 Å². The van der Waals surface area contributed by atoms with E-state index in [9.17, 15) is 4.79 Å². The Morgan fingerprint density at radius 3 is 1.58 bits per heavy atom. The first-order valence-corrected chi connectivity index (χ1v) is 10.2. The fourth-order valence-electron chi connectivity index (χ4n) is 1.80. The third kappa shape index (κ3) is 2.25. The molecule has 72 valence electrons. The van der Waals surface area contributed by atoms with E-state index in [0.29, 0.717) is 0 Å². The van der Waals surface area contributed by atoms with Gasteiger partial charge in [0.15, 0.2) is 0 Å². The molecular weight excluding hydrogens is 211 g/mol. The number of hydrogen-bond donors (Lipinski definition) is 0. The number of hydrogen-bond acceptors (Lipinski definition) is 1. The van der Waals surface area contributed by atoms with Gasteiger partial charge in [0.1, 0.15) is 0 Å². The first kappa shape index (κ1) is 12.0. The minimum absolute atomic E-state index is 0.251. The van der Waals surface area contributed by atoms with Crippen molar-refractivity contribution in [1.82, 2.24) is 3.86 Å². The van der Waals surface area contributed by atoms with Crippen LogP contribution in [-0.2, 0) is 4.79 Å². The SMILES string of the molecule is C[CH2][Ge]([CH2]C)([CH2]C)[N](C)C(C)=O. The number of rotatable bonds is 4. The molecule has 0 spiro atoms. The molecule has 1 amide bonds. The fourth-order valence-corrected chi connectivity index (χ4v) is 9.33. The molecule has 0 rings (SSSR count). The number of amides is 1. The maximum absolute atomic E-state index is 11.2. The Morgan fingerprint density at radius 1 is 1.17 bits per heavy atom. The van der Waals surface area contributed by atoms with Gasteiger partial charge in [-0.1, -0.05) is 0 Å². The molecule has 12 heavy (non-hydrogen) atoms. The van der Waals surface area contributed by atoms with Gasteiger partial charge in [-0.2, -0.15) is 0 Å². The monoisotopic (exact) mass is 233 g/mol. The average molecular weight is 232 g/mol. The molecule has 0 unspecified atom stereocenters. The van der Waals surface area contributed by atoms with Crippen molar-refractivity contribution in [3.8, 4) is 0 Å². The van der Waals surface area contributed by atoms with Crippen LogP contribution in [0.15, 0.2) is 0 Å². The number of carbonyl (C=O) groups excluding carboxylic acids is 1. The molecule has 0 aliphatic rings. The summed E-state index contributed by atoms with van der Waals surface area (Å²) in [5.74, 6) is 0.251. The average Bonchev–Trinajstić information content (AvgIpc) is 2.08. The van der Waals surface area contributed by atoms with Crippen LogP contribution in [0, 0.1) is 0 Å². The number of nitrogens with zero attached hydrogens (tertiary/aromatic N) is 1. The van der Waals surface area contributed by atoms with E-state index in [-0.39, 0.29) is 5.91 Å². The van der Waals surface area contributed by atoms with E-state index in [1.54, 1.807) is 6.92 Å². The molecule has 0 saturated carbocycles. The summed E-state index contributed by atoms with van der Waals surface area (Å²) in [4.78, 5) is 11.2. The molecule has 0 aromatic rings. The molecule has 0 atom stereocenters. The second-order valence-electron chi connectivity index (χ2n) is 3.36. The normalized spacial score (nSPS) is 11.4. The molecule has 0 bridgehead atoms. The Morgan fingerprint density at radius 2 is 1.50 bits per heavy atom. The van der Waals surface area contributed by atoms with E-state index >= 15 is 0 Å². The van der Waals surface area contributed by atoms with E-state index < -0.39 is 13.5 Å². The zero-order valence-electron chi connectivity index (χ0n) is 8.98. The second kappa shape index (κ2) is 4.90. The summed E-state index contributed by atoms with van der Waals surface area (Å²) in [6.45, 7) is 8.37. The van der Waals surface area contributed by atoms with E-state index in [1.165, 1.54) is 15.8 Å². The van der Waals surface area contributed by atoms with Gasteiger partial charge in [-0.15, -0.1) is 0 Å². The number of carbonyl (C=O) groups is 1. The van der Waals surface area contributed by atoms with Crippen LogP contribution in [0.5, 0.6) is 0 Å². The van der Waals surface area contributed by atoms with E-state index in [2.05, 4.69) is 24.6 Å². The molecule has 2 nitrogen and oxygen atoms in total. The van der Waals surface area contributed by atoms with Crippen LogP contribution in [-0.4, -0.2) is 30.3 Å². The third-order valence-corrected chi connectivity index (χ3v) is 15.1. The van der Waals surface area contributed by atoms with E-state index in [4.69, 9.17) is 0 Å². The predicted molar refractivity (Wildman–Crippen MR) is 55.6 cm³/mol. The van der Waals surface area contributed by atoms with Gasteiger partial charge in [-0.05, 0) is 0 Å². The predicted octanol–water partition coefficient (Wildman–Crippen LogP) is 2.47. The van der Waals surface area contributed by atoms with Crippen LogP contribution < -0.4 is 0 Å². The molecule has 0 heterocycles. The summed E-state index contributed by atoms with van der Waals surface area (Å²) in [7, 11) is 1.98. The van der Waals surface area contributed by atoms with Crippen molar-refractivity contribution in [3.05, 3.63) is 0 Å². The van der Waals surface area contributed by atoms with Crippen molar-refractivity contribution < 1.29 is 4.79 Å². The molecule has 0 aliphatic carbocycles. The molecule has 0 aliphatic heterocycles. The summed E-state index contributed by atoms with van der Waals surface area (Å²) in [6, 6.07) is 0. The van der Waals surface area contributed by atoms with Gasteiger partial charge in [-0.3, -0.25) is 0 Å². The van der Waals surface area contributed by atoms with Crippen LogP contribution in [0.4, 0.5) is 0 Å².